The lowest BCUT2D eigenvalue weighted by molar-refractivity contribution is -0.167. The molecule has 0 radical (unpaired) electrons. The molecule has 0 fully saturated rings. The van der Waals surface area contributed by atoms with Gasteiger partial charge in [0.1, 0.15) is 13.2 Å². The molecule has 6 nitrogen and oxygen atoms in total. The summed E-state index contributed by atoms with van der Waals surface area (Å²) in [6.07, 6.45) is 55.2. The number of esters is 3. The highest BCUT2D eigenvalue weighted by molar-refractivity contribution is 5.71. The first-order valence-corrected chi connectivity index (χ1v) is 24.6. The van der Waals surface area contributed by atoms with E-state index in [9.17, 15) is 14.4 Å². The van der Waals surface area contributed by atoms with Gasteiger partial charge in [-0.1, -0.05) is 185 Å². The van der Waals surface area contributed by atoms with Crippen LogP contribution in [0.3, 0.4) is 0 Å². The van der Waals surface area contributed by atoms with Gasteiger partial charge in [-0.25, -0.2) is 0 Å². The van der Waals surface area contributed by atoms with Crippen LogP contribution in [0, 0.1) is 0 Å². The monoisotopic (exact) mass is 813 g/mol. The van der Waals surface area contributed by atoms with Gasteiger partial charge in [-0.2, -0.15) is 0 Å². The highest BCUT2D eigenvalue weighted by Gasteiger charge is 2.19. The zero-order valence-corrected chi connectivity index (χ0v) is 38.3. The van der Waals surface area contributed by atoms with Crippen LogP contribution >= 0.6 is 0 Å². The first-order valence-electron chi connectivity index (χ1n) is 24.6. The number of unbranched alkanes of at least 4 members (excludes halogenated alkanes) is 25. The molecule has 58 heavy (non-hydrogen) atoms. The van der Waals surface area contributed by atoms with E-state index >= 15 is 0 Å². The lowest BCUT2D eigenvalue weighted by Gasteiger charge is -2.18. The largest absolute Gasteiger partial charge is 0.462 e. The van der Waals surface area contributed by atoms with Gasteiger partial charge >= 0.3 is 17.9 Å². The summed E-state index contributed by atoms with van der Waals surface area (Å²) in [6, 6.07) is 0. The standard InChI is InChI=1S/C52H92O6/c1-4-7-10-13-16-19-22-23-24-25-26-27-28-31-33-36-39-42-45-51(54)57-48-49(58-52(55)46-43-40-37-34-30-21-18-15-12-9-6-3)47-56-50(53)44-41-38-35-32-29-20-17-14-11-8-5-2/h14-15,17-19,22,24-25,49H,4-13,16,20-21,23,26-48H2,1-3H3/b17-14-,18-15-,22-19-,25-24-. The Hall–Kier alpha value is -2.63. The fourth-order valence-electron chi connectivity index (χ4n) is 6.73. The Labute approximate surface area is 358 Å². The number of rotatable bonds is 44. The molecule has 0 N–H and O–H groups in total. The molecular formula is C52H92O6. The summed E-state index contributed by atoms with van der Waals surface area (Å²) in [5, 5.41) is 0. The summed E-state index contributed by atoms with van der Waals surface area (Å²) in [5.74, 6) is -0.908. The van der Waals surface area contributed by atoms with E-state index in [1.807, 2.05) is 0 Å². The van der Waals surface area contributed by atoms with Gasteiger partial charge in [0.05, 0.1) is 0 Å². The lowest BCUT2D eigenvalue weighted by Crippen LogP contribution is -2.30. The van der Waals surface area contributed by atoms with Crippen LogP contribution in [0.25, 0.3) is 0 Å². The maximum absolute atomic E-state index is 12.7. The average molecular weight is 813 g/mol. The van der Waals surface area contributed by atoms with Crippen molar-refractivity contribution in [1.29, 1.82) is 0 Å². The second kappa shape index (κ2) is 47.1. The van der Waals surface area contributed by atoms with E-state index in [0.29, 0.717) is 19.3 Å². The summed E-state index contributed by atoms with van der Waals surface area (Å²) in [6.45, 7) is 6.52. The fourth-order valence-corrected chi connectivity index (χ4v) is 6.73. The highest BCUT2D eigenvalue weighted by Crippen LogP contribution is 2.14. The van der Waals surface area contributed by atoms with Crippen LogP contribution in [-0.4, -0.2) is 37.2 Å². The van der Waals surface area contributed by atoms with Crippen molar-refractivity contribution in [2.24, 2.45) is 0 Å². The predicted octanol–water partition coefficient (Wildman–Crippen LogP) is 15.9. The van der Waals surface area contributed by atoms with E-state index in [1.54, 1.807) is 0 Å². The van der Waals surface area contributed by atoms with Crippen molar-refractivity contribution in [3.05, 3.63) is 48.6 Å². The van der Waals surface area contributed by atoms with Crippen molar-refractivity contribution in [3.63, 3.8) is 0 Å². The van der Waals surface area contributed by atoms with Crippen LogP contribution in [0.4, 0.5) is 0 Å². The molecule has 6 heteroatoms. The zero-order chi connectivity index (χ0) is 42.3. The quantitative estimate of drug-likeness (QED) is 0.0264. The van der Waals surface area contributed by atoms with Crippen molar-refractivity contribution in [2.45, 2.75) is 252 Å². The topological polar surface area (TPSA) is 78.9 Å². The second-order valence-electron chi connectivity index (χ2n) is 16.4. The van der Waals surface area contributed by atoms with Crippen LogP contribution in [0.15, 0.2) is 48.6 Å². The van der Waals surface area contributed by atoms with Crippen LogP contribution in [0.1, 0.15) is 245 Å². The molecule has 0 aliphatic carbocycles. The zero-order valence-electron chi connectivity index (χ0n) is 38.3. The maximum atomic E-state index is 12.7. The predicted molar refractivity (Wildman–Crippen MR) is 247 cm³/mol. The molecule has 0 aromatic carbocycles. The van der Waals surface area contributed by atoms with Crippen molar-refractivity contribution in [3.8, 4) is 0 Å². The van der Waals surface area contributed by atoms with Gasteiger partial charge in [0.15, 0.2) is 6.10 Å². The normalized spacial score (nSPS) is 12.4. The molecule has 0 aliphatic rings. The highest BCUT2D eigenvalue weighted by atomic mass is 16.6. The Morgan fingerprint density at radius 3 is 1.02 bits per heavy atom. The third-order valence-corrected chi connectivity index (χ3v) is 10.5. The molecule has 0 heterocycles. The third kappa shape index (κ3) is 44.5. The minimum atomic E-state index is -0.781. The van der Waals surface area contributed by atoms with Crippen molar-refractivity contribution < 1.29 is 28.6 Å². The molecule has 0 aromatic rings. The van der Waals surface area contributed by atoms with Crippen LogP contribution in [-0.2, 0) is 28.6 Å². The number of ether oxygens (including phenoxy) is 3. The number of carbonyl (C=O) groups excluding carboxylic acids is 3. The third-order valence-electron chi connectivity index (χ3n) is 10.5. The first-order chi connectivity index (χ1) is 28.5. The SMILES string of the molecule is CCCC/C=C\CCCCCCCC(=O)OCC(COC(=O)CCCCCCCCC/C=C\C/C=C\CCCCCC)OC(=O)CCCCCCC/C=C\CCCC. The lowest BCUT2D eigenvalue weighted by atomic mass is 10.1. The Balaban J connectivity index is 4.34. The van der Waals surface area contributed by atoms with Crippen LogP contribution in [0.5, 0.6) is 0 Å². The number of hydrogen-bond acceptors (Lipinski definition) is 6. The summed E-state index contributed by atoms with van der Waals surface area (Å²) in [4.78, 5) is 37.8. The van der Waals surface area contributed by atoms with E-state index in [4.69, 9.17) is 14.2 Å². The number of allylic oxidation sites excluding steroid dienone is 8. The van der Waals surface area contributed by atoms with Gasteiger partial charge in [0.25, 0.3) is 0 Å². The molecule has 0 bridgehead atoms. The number of carbonyl (C=O) groups is 3. The van der Waals surface area contributed by atoms with Crippen LogP contribution in [0.2, 0.25) is 0 Å². The summed E-state index contributed by atoms with van der Waals surface area (Å²) in [5.41, 5.74) is 0. The fraction of sp³-hybridized carbons (Fsp3) is 0.788. The molecule has 1 unspecified atom stereocenters. The molecule has 1 atom stereocenters. The van der Waals surface area contributed by atoms with E-state index in [1.165, 1.54) is 116 Å². The minimum absolute atomic E-state index is 0.0830. The second-order valence-corrected chi connectivity index (χ2v) is 16.4. The molecule has 0 spiro atoms. The average Bonchev–Trinajstić information content (AvgIpc) is 3.22. The summed E-state index contributed by atoms with van der Waals surface area (Å²) in [7, 11) is 0. The van der Waals surface area contributed by atoms with Gasteiger partial charge in [-0.05, 0) is 89.9 Å². The molecule has 336 valence electrons. The smallest absolute Gasteiger partial charge is 0.306 e. The van der Waals surface area contributed by atoms with Gasteiger partial charge in [-0.3, -0.25) is 14.4 Å². The molecule has 0 aliphatic heterocycles. The maximum Gasteiger partial charge on any atom is 0.306 e. The van der Waals surface area contributed by atoms with E-state index in [0.717, 1.165) is 89.9 Å². The number of hydrogen-bond donors (Lipinski definition) is 0. The Kier molecular flexibility index (Phi) is 44.9. The van der Waals surface area contributed by atoms with Gasteiger partial charge in [0.2, 0.25) is 0 Å². The molecule has 0 saturated heterocycles. The van der Waals surface area contributed by atoms with E-state index in [-0.39, 0.29) is 31.1 Å². The van der Waals surface area contributed by atoms with E-state index < -0.39 is 6.10 Å². The minimum Gasteiger partial charge on any atom is -0.462 e. The first kappa shape index (κ1) is 55.4. The van der Waals surface area contributed by atoms with Gasteiger partial charge in [0, 0.05) is 19.3 Å². The summed E-state index contributed by atoms with van der Waals surface area (Å²) >= 11 is 0. The Morgan fingerprint density at radius 2 is 0.638 bits per heavy atom. The summed E-state index contributed by atoms with van der Waals surface area (Å²) < 4.78 is 16.7. The van der Waals surface area contributed by atoms with Crippen molar-refractivity contribution >= 4 is 17.9 Å². The van der Waals surface area contributed by atoms with Gasteiger partial charge in [-0.15, -0.1) is 0 Å². The Morgan fingerprint density at radius 1 is 0.345 bits per heavy atom. The molecule has 0 aromatic heterocycles. The van der Waals surface area contributed by atoms with Gasteiger partial charge < -0.3 is 14.2 Å². The molecular weight excluding hydrogens is 721 g/mol. The molecule has 0 amide bonds. The molecule has 0 saturated carbocycles. The Bertz CT molecular complexity index is 1030. The van der Waals surface area contributed by atoms with Crippen molar-refractivity contribution in [1.82, 2.24) is 0 Å². The van der Waals surface area contributed by atoms with Crippen LogP contribution < -0.4 is 0 Å². The van der Waals surface area contributed by atoms with E-state index in [2.05, 4.69) is 69.4 Å². The molecule has 0 rings (SSSR count). The van der Waals surface area contributed by atoms with Crippen molar-refractivity contribution in [2.75, 3.05) is 13.2 Å².